The van der Waals surface area contributed by atoms with Gasteiger partial charge in [-0.05, 0) is 62.9 Å². The molecule has 0 aromatic heterocycles. The number of likely N-dealkylation sites (N-methyl/N-ethyl adjacent to an activating group) is 1. The van der Waals surface area contributed by atoms with Crippen LogP contribution in [0.15, 0.2) is 18.2 Å². The summed E-state index contributed by atoms with van der Waals surface area (Å²) in [6.07, 6.45) is 8.98. The summed E-state index contributed by atoms with van der Waals surface area (Å²) in [6, 6.07) is 5.72. The molecule has 7 heteroatoms. The number of nitrogens with zero attached hydrogens (tertiary/aromatic N) is 3. The SMILES string of the molecule is Cc1cc(OCC2(CC(=O)N3CCN(C)CC3)CCN(C(=O)CCC3CCCC3)CC2)ccc1Cl. The standard InChI is InChI=1S/C28H42ClN3O3/c1-22-19-24(8-9-25(22)29)35-21-28(20-27(34)32-17-15-30(2)16-18-32)11-13-31(14-12-28)26(33)10-7-23-5-3-4-6-23/h8-9,19,23H,3-7,10-18,20-21H2,1-2H3. The van der Waals surface area contributed by atoms with E-state index in [1.807, 2.05) is 34.9 Å². The van der Waals surface area contributed by atoms with Crippen molar-refractivity contribution in [2.75, 3.05) is 52.9 Å². The molecule has 2 amide bonds. The normalized spacial score (nSPS) is 21.3. The number of likely N-dealkylation sites (tertiary alicyclic amines) is 1. The van der Waals surface area contributed by atoms with Crippen molar-refractivity contribution in [1.29, 1.82) is 0 Å². The van der Waals surface area contributed by atoms with E-state index in [9.17, 15) is 9.59 Å². The molecule has 1 aromatic rings. The van der Waals surface area contributed by atoms with Crippen molar-refractivity contribution in [1.82, 2.24) is 14.7 Å². The van der Waals surface area contributed by atoms with Gasteiger partial charge in [-0.2, -0.15) is 0 Å². The molecule has 1 aliphatic carbocycles. The molecule has 35 heavy (non-hydrogen) atoms. The molecule has 0 spiro atoms. The molecule has 194 valence electrons. The van der Waals surface area contributed by atoms with Gasteiger partial charge in [-0.25, -0.2) is 0 Å². The topological polar surface area (TPSA) is 53.1 Å². The molecule has 6 nitrogen and oxygen atoms in total. The number of carbonyl (C=O) groups is 2. The number of aryl methyl sites for hydroxylation is 1. The number of hydrogen-bond donors (Lipinski definition) is 0. The number of piperidine rings is 1. The van der Waals surface area contributed by atoms with E-state index in [4.69, 9.17) is 16.3 Å². The van der Waals surface area contributed by atoms with E-state index in [-0.39, 0.29) is 17.2 Å². The number of hydrogen-bond acceptors (Lipinski definition) is 4. The molecule has 3 aliphatic rings. The summed E-state index contributed by atoms with van der Waals surface area (Å²) in [4.78, 5) is 32.5. The highest BCUT2D eigenvalue weighted by molar-refractivity contribution is 6.31. The Morgan fingerprint density at radius 3 is 2.31 bits per heavy atom. The quantitative estimate of drug-likeness (QED) is 0.512. The minimum Gasteiger partial charge on any atom is -0.493 e. The monoisotopic (exact) mass is 503 g/mol. The molecule has 2 aliphatic heterocycles. The van der Waals surface area contributed by atoms with Gasteiger partial charge in [-0.1, -0.05) is 37.3 Å². The number of piperazine rings is 1. The Bertz CT molecular complexity index is 870. The van der Waals surface area contributed by atoms with Crippen molar-refractivity contribution in [3.63, 3.8) is 0 Å². The molecule has 4 rings (SSSR count). The van der Waals surface area contributed by atoms with Gasteiger partial charge < -0.3 is 19.4 Å². The first kappa shape index (κ1) is 26.3. The Morgan fingerprint density at radius 1 is 1.00 bits per heavy atom. The number of benzene rings is 1. The lowest BCUT2D eigenvalue weighted by Crippen LogP contribution is -2.51. The summed E-state index contributed by atoms with van der Waals surface area (Å²) in [6.45, 7) is 7.29. The zero-order chi connectivity index (χ0) is 24.8. The van der Waals surface area contributed by atoms with E-state index in [1.165, 1.54) is 25.7 Å². The van der Waals surface area contributed by atoms with Gasteiger partial charge in [-0.15, -0.1) is 0 Å². The van der Waals surface area contributed by atoms with Crippen molar-refractivity contribution in [2.45, 2.75) is 64.7 Å². The Kier molecular flexibility index (Phi) is 8.98. The molecule has 3 fully saturated rings. The predicted octanol–water partition coefficient (Wildman–Crippen LogP) is 4.77. The van der Waals surface area contributed by atoms with Crippen LogP contribution in [-0.2, 0) is 9.59 Å². The maximum atomic E-state index is 13.3. The number of amides is 2. The van der Waals surface area contributed by atoms with Crippen LogP contribution >= 0.6 is 11.6 Å². The van der Waals surface area contributed by atoms with Gasteiger partial charge >= 0.3 is 0 Å². The minimum atomic E-state index is -0.254. The summed E-state index contributed by atoms with van der Waals surface area (Å²) >= 11 is 6.19. The summed E-state index contributed by atoms with van der Waals surface area (Å²) in [5.74, 6) is 2.02. The Balaban J connectivity index is 1.37. The lowest BCUT2D eigenvalue weighted by Gasteiger charge is -2.43. The lowest BCUT2D eigenvalue weighted by atomic mass is 9.75. The van der Waals surface area contributed by atoms with E-state index in [2.05, 4.69) is 11.9 Å². The second kappa shape index (κ2) is 12.0. The number of carbonyl (C=O) groups excluding carboxylic acids is 2. The molecular formula is C28H42ClN3O3. The van der Waals surface area contributed by atoms with Gasteiger partial charge in [0.1, 0.15) is 5.75 Å². The molecule has 0 unspecified atom stereocenters. The first-order valence-electron chi connectivity index (χ1n) is 13.5. The van der Waals surface area contributed by atoms with Crippen LogP contribution in [0.1, 0.15) is 63.4 Å². The third-order valence-corrected chi connectivity index (χ3v) is 8.90. The molecule has 2 saturated heterocycles. The van der Waals surface area contributed by atoms with Gasteiger partial charge in [0.05, 0.1) is 6.61 Å². The van der Waals surface area contributed by atoms with Crippen molar-refractivity contribution >= 4 is 23.4 Å². The second-order valence-corrected chi connectivity index (χ2v) is 11.5. The highest BCUT2D eigenvalue weighted by atomic mass is 35.5. The molecule has 0 atom stereocenters. The largest absolute Gasteiger partial charge is 0.493 e. The molecular weight excluding hydrogens is 462 g/mol. The Hall–Kier alpha value is -1.79. The Labute approximate surface area is 215 Å². The zero-order valence-corrected chi connectivity index (χ0v) is 22.3. The van der Waals surface area contributed by atoms with E-state index in [0.717, 1.165) is 67.7 Å². The average molecular weight is 504 g/mol. The minimum absolute atomic E-state index is 0.218. The van der Waals surface area contributed by atoms with Crippen LogP contribution in [0.4, 0.5) is 0 Å². The van der Waals surface area contributed by atoms with Crippen molar-refractivity contribution in [3.05, 3.63) is 28.8 Å². The average Bonchev–Trinajstić information content (AvgIpc) is 3.38. The Morgan fingerprint density at radius 2 is 1.66 bits per heavy atom. The summed E-state index contributed by atoms with van der Waals surface area (Å²) in [5, 5.41) is 0.724. The molecule has 0 N–H and O–H groups in total. The maximum absolute atomic E-state index is 13.3. The maximum Gasteiger partial charge on any atom is 0.223 e. The van der Waals surface area contributed by atoms with Gasteiger partial charge in [0.2, 0.25) is 11.8 Å². The van der Waals surface area contributed by atoms with Crippen molar-refractivity contribution < 1.29 is 14.3 Å². The van der Waals surface area contributed by atoms with E-state index < -0.39 is 0 Å². The van der Waals surface area contributed by atoms with Crippen molar-refractivity contribution in [3.8, 4) is 5.75 Å². The molecule has 0 radical (unpaired) electrons. The fourth-order valence-corrected chi connectivity index (χ4v) is 5.94. The second-order valence-electron chi connectivity index (χ2n) is 11.1. The van der Waals surface area contributed by atoms with Crippen LogP contribution < -0.4 is 4.74 Å². The highest BCUT2D eigenvalue weighted by Crippen LogP contribution is 2.38. The highest BCUT2D eigenvalue weighted by Gasteiger charge is 2.40. The van der Waals surface area contributed by atoms with Gasteiger partial charge in [0, 0.05) is 62.5 Å². The lowest BCUT2D eigenvalue weighted by molar-refractivity contribution is -0.139. The first-order chi connectivity index (χ1) is 16.8. The molecule has 1 saturated carbocycles. The summed E-state index contributed by atoms with van der Waals surface area (Å²) < 4.78 is 6.26. The summed E-state index contributed by atoms with van der Waals surface area (Å²) in [5.41, 5.74) is 0.727. The van der Waals surface area contributed by atoms with Crippen LogP contribution in [0, 0.1) is 18.3 Å². The zero-order valence-electron chi connectivity index (χ0n) is 21.6. The van der Waals surface area contributed by atoms with Gasteiger partial charge in [0.25, 0.3) is 0 Å². The van der Waals surface area contributed by atoms with Gasteiger partial charge in [0.15, 0.2) is 0 Å². The first-order valence-corrected chi connectivity index (χ1v) is 13.8. The van der Waals surface area contributed by atoms with Crippen molar-refractivity contribution in [2.24, 2.45) is 11.3 Å². The fourth-order valence-electron chi connectivity index (χ4n) is 5.82. The molecule has 1 aromatic carbocycles. The third kappa shape index (κ3) is 7.13. The van der Waals surface area contributed by atoms with Crippen LogP contribution in [0.25, 0.3) is 0 Å². The number of halogens is 1. The predicted molar refractivity (Wildman–Crippen MR) is 140 cm³/mol. The smallest absolute Gasteiger partial charge is 0.223 e. The molecule has 0 bridgehead atoms. The van der Waals surface area contributed by atoms with Gasteiger partial charge in [-0.3, -0.25) is 9.59 Å². The summed E-state index contributed by atoms with van der Waals surface area (Å²) in [7, 11) is 2.10. The van der Waals surface area contributed by atoms with Crippen LogP contribution in [0.5, 0.6) is 5.75 Å². The fraction of sp³-hybridized carbons (Fsp3) is 0.714. The number of rotatable bonds is 8. The number of ether oxygens (including phenoxy) is 1. The van der Waals surface area contributed by atoms with E-state index in [0.29, 0.717) is 32.5 Å². The van der Waals surface area contributed by atoms with E-state index >= 15 is 0 Å². The van der Waals surface area contributed by atoms with E-state index in [1.54, 1.807) is 0 Å². The van der Waals surface area contributed by atoms with Crippen LogP contribution in [0.3, 0.4) is 0 Å². The van der Waals surface area contributed by atoms with Crippen LogP contribution in [0.2, 0.25) is 5.02 Å². The third-order valence-electron chi connectivity index (χ3n) is 8.47. The molecule has 2 heterocycles. The van der Waals surface area contributed by atoms with Crippen LogP contribution in [-0.4, -0.2) is 79.4 Å².